The fraction of sp³-hybridized carbons (Fsp3) is 0.444. The van der Waals surface area contributed by atoms with Crippen LogP contribution < -0.4 is 0 Å². The standard InChI is InChI=1S/C9H8BrF3O2S/c1-4-6(10)3-7(16-4)5(2-8(14)15)9(11,12)13/h3,5H,2H2,1H3,(H,14,15). The number of aryl methyl sites for hydroxylation is 1. The lowest BCUT2D eigenvalue weighted by molar-refractivity contribution is -0.162. The van der Waals surface area contributed by atoms with E-state index in [1.165, 1.54) is 6.07 Å². The molecule has 0 saturated carbocycles. The highest BCUT2D eigenvalue weighted by Crippen LogP contribution is 2.42. The summed E-state index contributed by atoms with van der Waals surface area (Å²) in [5.41, 5.74) is 0. The maximum atomic E-state index is 12.6. The van der Waals surface area contributed by atoms with Gasteiger partial charge in [0, 0.05) is 14.2 Å². The zero-order valence-electron chi connectivity index (χ0n) is 8.14. The Morgan fingerprint density at radius 2 is 2.19 bits per heavy atom. The lowest BCUT2D eigenvalue weighted by atomic mass is 10.0. The number of carboxylic acids is 1. The van der Waals surface area contributed by atoms with Crippen molar-refractivity contribution in [3.63, 3.8) is 0 Å². The van der Waals surface area contributed by atoms with E-state index in [-0.39, 0.29) is 4.88 Å². The summed E-state index contributed by atoms with van der Waals surface area (Å²) < 4.78 is 38.5. The normalized spacial score (nSPS) is 13.8. The molecule has 1 atom stereocenters. The van der Waals surface area contributed by atoms with E-state index in [4.69, 9.17) is 5.11 Å². The Bertz CT molecular complexity index is 380. The summed E-state index contributed by atoms with van der Waals surface area (Å²) in [5, 5.41) is 8.48. The van der Waals surface area contributed by atoms with Gasteiger partial charge in [0.05, 0.1) is 12.3 Å². The summed E-state index contributed by atoms with van der Waals surface area (Å²) in [6.07, 6.45) is -5.47. The van der Waals surface area contributed by atoms with E-state index >= 15 is 0 Å². The van der Waals surface area contributed by atoms with Crippen LogP contribution in [0.5, 0.6) is 0 Å². The van der Waals surface area contributed by atoms with Gasteiger partial charge in [-0.2, -0.15) is 13.2 Å². The summed E-state index contributed by atoms with van der Waals surface area (Å²) in [4.78, 5) is 11.1. The minimum atomic E-state index is -4.53. The molecule has 0 bridgehead atoms. The van der Waals surface area contributed by atoms with Gasteiger partial charge in [0.25, 0.3) is 0 Å². The van der Waals surface area contributed by atoms with Crippen molar-refractivity contribution in [2.45, 2.75) is 25.4 Å². The molecule has 1 N–H and O–H groups in total. The number of aliphatic carboxylic acids is 1. The van der Waals surface area contributed by atoms with Gasteiger partial charge in [-0.3, -0.25) is 4.79 Å². The first-order valence-electron chi connectivity index (χ1n) is 4.26. The van der Waals surface area contributed by atoms with Crippen LogP contribution in [0.2, 0.25) is 0 Å². The van der Waals surface area contributed by atoms with Gasteiger partial charge in [-0.25, -0.2) is 0 Å². The Morgan fingerprint density at radius 3 is 2.50 bits per heavy atom. The number of thiophene rings is 1. The first-order valence-corrected chi connectivity index (χ1v) is 5.87. The average molecular weight is 317 g/mol. The maximum absolute atomic E-state index is 12.6. The molecule has 0 saturated heterocycles. The van der Waals surface area contributed by atoms with E-state index in [0.717, 1.165) is 11.3 Å². The Hall–Kier alpha value is -0.560. The predicted molar refractivity (Wildman–Crippen MR) is 57.8 cm³/mol. The molecule has 1 aromatic rings. The molecule has 0 aliphatic heterocycles. The minimum absolute atomic E-state index is 0.0271. The summed E-state index contributed by atoms with van der Waals surface area (Å²) in [6.45, 7) is 1.67. The van der Waals surface area contributed by atoms with Gasteiger partial charge in [-0.05, 0) is 28.9 Å². The number of carbonyl (C=O) groups is 1. The molecule has 0 fully saturated rings. The van der Waals surface area contributed by atoms with Crippen molar-refractivity contribution < 1.29 is 23.1 Å². The van der Waals surface area contributed by atoms with Crippen molar-refractivity contribution in [3.05, 3.63) is 20.3 Å². The molecule has 1 rings (SSSR count). The zero-order valence-corrected chi connectivity index (χ0v) is 10.5. The van der Waals surface area contributed by atoms with Crippen LogP contribution in [0.1, 0.15) is 22.1 Å². The quantitative estimate of drug-likeness (QED) is 0.917. The Kier molecular flexibility index (Phi) is 4.01. The molecule has 16 heavy (non-hydrogen) atoms. The van der Waals surface area contributed by atoms with Crippen molar-refractivity contribution in [1.82, 2.24) is 0 Å². The third kappa shape index (κ3) is 3.21. The molecule has 0 aliphatic rings. The Balaban J connectivity index is 3.06. The van der Waals surface area contributed by atoms with Crippen LogP contribution in [-0.2, 0) is 4.79 Å². The predicted octanol–water partition coefficient (Wildman–Crippen LogP) is 3.94. The largest absolute Gasteiger partial charge is 0.481 e. The lowest BCUT2D eigenvalue weighted by Crippen LogP contribution is -2.22. The number of hydrogen-bond donors (Lipinski definition) is 1. The topological polar surface area (TPSA) is 37.3 Å². The third-order valence-electron chi connectivity index (χ3n) is 1.99. The van der Waals surface area contributed by atoms with Gasteiger partial charge in [0.1, 0.15) is 0 Å². The van der Waals surface area contributed by atoms with Gasteiger partial charge in [0.15, 0.2) is 0 Å². The summed E-state index contributed by atoms with van der Waals surface area (Å²) in [7, 11) is 0. The molecule has 1 aromatic heterocycles. The summed E-state index contributed by atoms with van der Waals surface area (Å²) in [5.74, 6) is -3.38. The monoisotopic (exact) mass is 316 g/mol. The van der Waals surface area contributed by atoms with Gasteiger partial charge in [0.2, 0.25) is 0 Å². The molecule has 0 spiro atoms. The fourth-order valence-corrected chi connectivity index (χ4v) is 2.89. The van der Waals surface area contributed by atoms with Crippen molar-refractivity contribution in [3.8, 4) is 0 Å². The molecule has 2 nitrogen and oxygen atoms in total. The fourth-order valence-electron chi connectivity index (χ4n) is 1.21. The third-order valence-corrected chi connectivity index (χ3v) is 4.24. The van der Waals surface area contributed by atoms with Gasteiger partial charge >= 0.3 is 12.1 Å². The molecule has 0 radical (unpaired) electrons. The summed E-state index contributed by atoms with van der Waals surface area (Å²) in [6, 6.07) is 1.33. The molecular formula is C9H8BrF3O2S. The minimum Gasteiger partial charge on any atom is -0.481 e. The van der Waals surface area contributed by atoms with Crippen LogP contribution in [0.4, 0.5) is 13.2 Å². The van der Waals surface area contributed by atoms with Gasteiger partial charge in [-0.15, -0.1) is 11.3 Å². The SMILES string of the molecule is Cc1sc(C(CC(=O)O)C(F)(F)F)cc1Br. The van der Waals surface area contributed by atoms with Crippen molar-refractivity contribution in [2.24, 2.45) is 0 Å². The van der Waals surface area contributed by atoms with Crippen molar-refractivity contribution in [2.75, 3.05) is 0 Å². The highest BCUT2D eigenvalue weighted by molar-refractivity contribution is 9.10. The molecule has 1 heterocycles. The zero-order chi connectivity index (χ0) is 12.5. The lowest BCUT2D eigenvalue weighted by Gasteiger charge is -2.16. The van der Waals surface area contributed by atoms with Crippen LogP contribution in [0.25, 0.3) is 0 Å². The van der Waals surface area contributed by atoms with Crippen molar-refractivity contribution >= 4 is 33.2 Å². The smallest absolute Gasteiger partial charge is 0.397 e. The number of hydrogen-bond acceptors (Lipinski definition) is 2. The summed E-state index contributed by atoms with van der Waals surface area (Å²) >= 11 is 4.07. The van der Waals surface area contributed by atoms with Crippen LogP contribution in [0.3, 0.4) is 0 Å². The number of rotatable bonds is 3. The first-order chi connectivity index (χ1) is 7.21. The van der Waals surface area contributed by atoms with E-state index in [1.807, 2.05) is 0 Å². The van der Waals surface area contributed by atoms with Crippen LogP contribution in [-0.4, -0.2) is 17.3 Å². The van der Waals surface area contributed by atoms with Crippen LogP contribution in [0, 0.1) is 6.92 Å². The molecule has 1 unspecified atom stereocenters. The van der Waals surface area contributed by atoms with Gasteiger partial charge in [-0.1, -0.05) is 0 Å². The second-order valence-electron chi connectivity index (χ2n) is 3.24. The molecular weight excluding hydrogens is 309 g/mol. The van der Waals surface area contributed by atoms with E-state index in [1.54, 1.807) is 6.92 Å². The Labute approximate surface area is 102 Å². The van der Waals surface area contributed by atoms with E-state index in [2.05, 4.69) is 15.9 Å². The second kappa shape index (κ2) is 4.75. The van der Waals surface area contributed by atoms with Crippen LogP contribution >= 0.6 is 27.3 Å². The highest BCUT2D eigenvalue weighted by Gasteiger charge is 2.43. The first kappa shape index (κ1) is 13.5. The number of alkyl halides is 3. The van der Waals surface area contributed by atoms with Crippen molar-refractivity contribution in [1.29, 1.82) is 0 Å². The molecule has 7 heteroatoms. The van der Waals surface area contributed by atoms with Gasteiger partial charge < -0.3 is 5.11 Å². The number of carboxylic acid groups (broad SMARTS) is 1. The Morgan fingerprint density at radius 1 is 1.62 bits per heavy atom. The van der Waals surface area contributed by atoms with Crippen LogP contribution in [0.15, 0.2) is 10.5 Å². The maximum Gasteiger partial charge on any atom is 0.397 e. The molecule has 90 valence electrons. The van der Waals surface area contributed by atoms with E-state index in [0.29, 0.717) is 9.35 Å². The van der Waals surface area contributed by atoms with E-state index < -0.39 is 24.5 Å². The average Bonchev–Trinajstić information content (AvgIpc) is 2.40. The number of halogens is 4. The molecule has 0 amide bonds. The molecule has 0 aromatic carbocycles. The van der Waals surface area contributed by atoms with E-state index in [9.17, 15) is 18.0 Å². The second-order valence-corrected chi connectivity index (χ2v) is 5.39. The molecule has 0 aliphatic carbocycles. The highest BCUT2D eigenvalue weighted by atomic mass is 79.9.